The first-order chi connectivity index (χ1) is 10.2. The number of rotatable bonds is 6. The Morgan fingerprint density at radius 3 is 2.24 bits per heavy atom. The lowest BCUT2D eigenvalue weighted by Gasteiger charge is -2.16. The lowest BCUT2D eigenvalue weighted by molar-refractivity contribution is -0.179. The fourth-order valence-electron chi connectivity index (χ4n) is 1.68. The van der Waals surface area contributed by atoms with Crippen LogP contribution < -0.4 is 0 Å². The summed E-state index contributed by atoms with van der Waals surface area (Å²) < 4.78 is 12.0. The van der Waals surface area contributed by atoms with Crippen molar-refractivity contribution in [2.24, 2.45) is 0 Å². The van der Waals surface area contributed by atoms with Gasteiger partial charge in [0.15, 0.2) is 0 Å². The second-order valence-corrected chi connectivity index (χ2v) is 5.90. The van der Waals surface area contributed by atoms with Crippen molar-refractivity contribution in [1.82, 2.24) is 5.06 Å². The van der Waals surface area contributed by atoms with Crippen LogP contribution in [0.4, 0.5) is 0 Å². The molecular weight excluding hydrogens is 286 g/mol. The van der Waals surface area contributed by atoms with Crippen LogP contribution in [0.5, 0.6) is 0 Å². The van der Waals surface area contributed by atoms with Crippen molar-refractivity contribution in [3.05, 3.63) is 66.2 Å². The topological polar surface area (TPSA) is 46.6 Å². The Labute approximate surface area is 126 Å². The lowest BCUT2D eigenvalue weighted by Crippen LogP contribution is -2.31. The van der Waals surface area contributed by atoms with Crippen LogP contribution in [0.15, 0.2) is 65.6 Å². The van der Waals surface area contributed by atoms with Gasteiger partial charge in [0.2, 0.25) is 0 Å². The maximum absolute atomic E-state index is 12.0. The monoisotopic (exact) mass is 303 g/mol. The number of carbonyl (C=O) groups is 1. The van der Waals surface area contributed by atoms with E-state index in [0.29, 0.717) is 11.5 Å². The zero-order chi connectivity index (χ0) is 15.1. The molecule has 5 heteroatoms. The third kappa shape index (κ3) is 4.81. The molecule has 0 bridgehead atoms. The predicted molar refractivity (Wildman–Crippen MR) is 81.7 cm³/mol. The van der Waals surface area contributed by atoms with E-state index in [1.807, 2.05) is 36.4 Å². The Morgan fingerprint density at radius 2 is 1.62 bits per heavy atom. The molecule has 1 amide bonds. The van der Waals surface area contributed by atoms with Crippen LogP contribution in [0.25, 0.3) is 0 Å². The summed E-state index contributed by atoms with van der Waals surface area (Å²) in [5, 5.41) is 1.15. The first-order valence-corrected chi connectivity index (χ1v) is 7.85. The van der Waals surface area contributed by atoms with E-state index >= 15 is 0 Å². The van der Waals surface area contributed by atoms with Gasteiger partial charge in [0, 0.05) is 11.9 Å². The minimum absolute atomic E-state index is 0.0880. The van der Waals surface area contributed by atoms with Gasteiger partial charge in [-0.05, 0) is 17.7 Å². The summed E-state index contributed by atoms with van der Waals surface area (Å²) in [6.45, 7) is 0.307. The highest BCUT2D eigenvalue weighted by atomic mass is 32.2. The average Bonchev–Trinajstić information content (AvgIpc) is 2.54. The van der Waals surface area contributed by atoms with E-state index in [0.717, 1.165) is 10.6 Å². The SMILES string of the molecule is CN(OCc1ccccc1)C(=O)CS(=O)c1ccccc1. The molecule has 2 rings (SSSR count). The van der Waals surface area contributed by atoms with Crippen LogP contribution in [0.3, 0.4) is 0 Å². The standard InChI is InChI=1S/C16H17NO3S/c1-17(20-12-14-8-4-2-5-9-14)16(18)13-21(19)15-10-6-3-7-11-15/h2-11H,12-13H2,1H3. The molecule has 0 aromatic heterocycles. The molecule has 0 aliphatic rings. The van der Waals surface area contributed by atoms with Gasteiger partial charge in [0.05, 0.1) is 10.8 Å². The summed E-state index contributed by atoms with van der Waals surface area (Å²) in [6, 6.07) is 18.5. The average molecular weight is 303 g/mol. The van der Waals surface area contributed by atoms with E-state index in [1.54, 1.807) is 24.3 Å². The van der Waals surface area contributed by atoms with Crippen LogP contribution >= 0.6 is 0 Å². The molecule has 0 aliphatic heterocycles. The van der Waals surface area contributed by atoms with Crippen LogP contribution in [-0.2, 0) is 27.0 Å². The molecule has 0 spiro atoms. The van der Waals surface area contributed by atoms with Gasteiger partial charge in [-0.3, -0.25) is 13.8 Å². The highest BCUT2D eigenvalue weighted by molar-refractivity contribution is 7.85. The number of hydroxylamine groups is 2. The fraction of sp³-hybridized carbons (Fsp3) is 0.188. The maximum Gasteiger partial charge on any atom is 0.258 e. The van der Waals surface area contributed by atoms with Gasteiger partial charge in [-0.25, -0.2) is 5.06 Å². The number of hydrogen-bond donors (Lipinski definition) is 0. The van der Waals surface area contributed by atoms with Gasteiger partial charge in [0.25, 0.3) is 5.91 Å². The van der Waals surface area contributed by atoms with Crippen molar-refractivity contribution in [3.63, 3.8) is 0 Å². The molecule has 0 N–H and O–H groups in total. The number of hydrogen-bond acceptors (Lipinski definition) is 3. The molecule has 4 nitrogen and oxygen atoms in total. The van der Waals surface area contributed by atoms with Gasteiger partial charge in [-0.2, -0.15) is 0 Å². The smallest absolute Gasteiger partial charge is 0.258 e. The predicted octanol–water partition coefficient (Wildman–Crippen LogP) is 2.38. The molecule has 0 fully saturated rings. The third-order valence-electron chi connectivity index (χ3n) is 2.88. The minimum atomic E-state index is -1.35. The molecule has 0 saturated carbocycles. The van der Waals surface area contributed by atoms with Crippen molar-refractivity contribution in [2.75, 3.05) is 12.8 Å². The largest absolute Gasteiger partial charge is 0.272 e. The van der Waals surface area contributed by atoms with E-state index < -0.39 is 10.8 Å². The number of amides is 1. The summed E-state index contributed by atoms with van der Waals surface area (Å²) in [5.74, 6) is -0.400. The Balaban J connectivity index is 1.84. The first-order valence-electron chi connectivity index (χ1n) is 6.53. The van der Waals surface area contributed by atoms with Crippen LogP contribution in [0.1, 0.15) is 5.56 Å². The third-order valence-corrected chi connectivity index (χ3v) is 4.19. The van der Waals surface area contributed by atoms with Crippen molar-refractivity contribution in [1.29, 1.82) is 0 Å². The molecule has 21 heavy (non-hydrogen) atoms. The van der Waals surface area contributed by atoms with E-state index in [1.165, 1.54) is 7.05 Å². The summed E-state index contributed by atoms with van der Waals surface area (Å²) in [6.07, 6.45) is 0. The summed E-state index contributed by atoms with van der Waals surface area (Å²) >= 11 is 0. The molecular formula is C16H17NO3S. The van der Waals surface area contributed by atoms with Gasteiger partial charge in [0.1, 0.15) is 12.4 Å². The Hall–Kier alpha value is -1.98. The highest BCUT2D eigenvalue weighted by Gasteiger charge is 2.14. The first kappa shape index (κ1) is 15.4. The second kappa shape index (κ2) is 7.71. The second-order valence-electron chi connectivity index (χ2n) is 4.45. The van der Waals surface area contributed by atoms with Crippen LogP contribution in [0, 0.1) is 0 Å². The molecule has 2 aromatic carbocycles. The Bertz CT molecular complexity index is 601. The van der Waals surface area contributed by atoms with Crippen molar-refractivity contribution < 1.29 is 13.8 Å². The number of carbonyl (C=O) groups excluding carboxylic acids is 1. The van der Waals surface area contributed by atoms with Gasteiger partial charge < -0.3 is 0 Å². The van der Waals surface area contributed by atoms with Gasteiger partial charge >= 0.3 is 0 Å². The lowest BCUT2D eigenvalue weighted by atomic mass is 10.2. The Morgan fingerprint density at radius 1 is 1.05 bits per heavy atom. The zero-order valence-electron chi connectivity index (χ0n) is 11.8. The van der Waals surface area contributed by atoms with E-state index in [9.17, 15) is 9.00 Å². The van der Waals surface area contributed by atoms with E-state index in [2.05, 4.69) is 0 Å². The minimum Gasteiger partial charge on any atom is -0.272 e. The highest BCUT2D eigenvalue weighted by Crippen LogP contribution is 2.07. The number of nitrogens with zero attached hydrogens (tertiary/aromatic N) is 1. The maximum atomic E-state index is 12.0. The van der Waals surface area contributed by atoms with E-state index in [4.69, 9.17) is 4.84 Å². The van der Waals surface area contributed by atoms with Crippen LogP contribution in [0.2, 0.25) is 0 Å². The molecule has 0 aliphatic carbocycles. The summed E-state index contributed by atoms with van der Waals surface area (Å²) in [4.78, 5) is 18.0. The molecule has 1 unspecified atom stereocenters. The zero-order valence-corrected chi connectivity index (χ0v) is 12.6. The molecule has 0 heterocycles. The fourth-order valence-corrected chi connectivity index (χ4v) is 2.71. The Kier molecular flexibility index (Phi) is 5.66. The molecule has 2 aromatic rings. The summed E-state index contributed by atoms with van der Waals surface area (Å²) in [7, 11) is 0.182. The van der Waals surface area contributed by atoms with E-state index in [-0.39, 0.29) is 11.7 Å². The van der Waals surface area contributed by atoms with Crippen molar-refractivity contribution in [3.8, 4) is 0 Å². The quantitative estimate of drug-likeness (QED) is 0.770. The molecule has 1 atom stereocenters. The summed E-state index contributed by atoms with van der Waals surface area (Å²) in [5.41, 5.74) is 0.973. The normalized spacial score (nSPS) is 11.9. The van der Waals surface area contributed by atoms with Crippen molar-refractivity contribution >= 4 is 16.7 Å². The van der Waals surface area contributed by atoms with Gasteiger partial charge in [-0.1, -0.05) is 48.5 Å². The van der Waals surface area contributed by atoms with Gasteiger partial charge in [-0.15, -0.1) is 0 Å². The molecule has 0 radical (unpaired) electrons. The molecule has 110 valence electrons. The van der Waals surface area contributed by atoms with Crippen LogP contribution in [-0.4, -0.2) is 28.0 Å². The molecule has 0 saturated heterocycles. The van der Waals surface area contributed by atoms with Crippen molar-refractivity contribution in [2.45, 2.75) is 11.5 Å². The number of benzene rings is 2.